The Hall–Kier alpha value is -2.06. The van der Waals surface area contributed by atoms with E-state index < -0.39 is 17.9 Å². The first-order valence-electron chi connectivity index (χ1n) is 2.86. The second-order valence-corrected chi connectivity index (χ2v) is 1.37. The minimum atomic E-state index is -1.43. The number of carboxylic acid groups (broad SMARTS) is 3. The van der Waals surface area contributed by atoms with Crippen molar-refractivity contribution < 1.29 is 61.2 Å². The van der Waals surface area contributed by atoms with E-state index in [1.165, 1.54) is 0 Å². The van der Waals surface area contributed by atoms with Crippen LogP contribution in [0.15, 0.2) is 0 Å². The summed E-state index contributed by atoms with van der Waals surface area (Å²) in [6, 6.07) is 0. The van der Waals surface area contributed by atoms with Crippen molar-refractivity contribution in [3.8, 4) is 0 Å². The van der Waals surface area contributed by atoms with E-state index in [2.05, 4.69) is 0 Å². The molecule has 3 N–H and O–H groups in total. The first-order chi connectivity index (χ1) is 6.81. The van der Waals surface area contributed by atoms with Crippen molar-refractivity contribution in [3.63, 3.8) is 0 Å². The molecule has 0 bridgehead atoms. The molecule has 0 aromatic heterocycles. The molecule has 1 radical (unpaired) electrons. The van der Waals surface area contributed by atoms with Gasteiger partial charge in [-0.2, -0.15) is 0 Å². The molecule has 10 heteroatoms. The van der Waals surface area contributed by atoms with Crippen LogP contribution in [0.5, 0.6) is 0 Å². The van der Waals surface area contributed by atoms with E-state index in [4.69, 9.17) is 44.1 Å². The third-order valence-electron chi connectivity index (χ3n) is 0.302. The topological polar surface area (TPSA) is 163 Å². The Morgan fingerprint density at radius 2 is 0.688 bits per heavy atom. The Morgan fingerprint density at radius 1 is 0.625 bits per heavy atom. The van der Waals surface area contributed by atoms with E-state index in [0.717, 1.165) is 0 Å². The Bertz CT molecular complexity index is 216. The monoisotopic (exact) mass is 277 g/mol. The van der Waals surface area contributed by atoms with Gasteiger partial charge in [0, 0.05) is 17.1 Å². The van der Waals surface area contributed by atoms with E-state index in [1.807, 2.05) is 0 Å². The number of carbonyl (C=O) groups excluding carboxylic acids is 3. The fourth-order valence-corrected chi connectivity index (χ4v) is 0. The van der Waals surface area contributed by atoms with Crippen molar-refractivity contribution in [1.29, 1.82) is 0 Å². The summed E-state index contributed by atoms with van der Waals surface area (Å²) >= 11 is 0. The van der Waals surface area contributed by atoms with Gasteiger partial charge in [0.2, 0.25) is 18.9 Å². The van der Waals surface area contributed by atoms with Gasteiger partial charge in [-0.25, -0.2) is 14.4 Å². The molecule has 0 aliphatic rings. The average molecular weight is 277 g/mol. The molecule has 16 heavy (non-hydrogen) atoms. The van der Waals surface area contributed by atoms with Crippen LogP contribution in [-0.2, 0) is 45.8 Å². The zero-order valence-corrected chi connectivity index (χ0v) is 8.58. The molecule has 0 fully saturated rings. The van der Waals surface area contributed by atoms with Crippen LogP contribution < -0.4 is 0 Å². The Morgan fingerprint density at radius 3 is 0.688 bits per heavy atom. The van der Waals surface area contributed by atoms with Crippen LogP contribution in [-0.4, -0.2) is 52.1 Å². The fourth-order valence-electron chi connectivity index (χ4n) is 0. The summed E-state index contributed by atoms with van der Waals surface area (Å²) in [5.41, 5.74) is 0. The normalized spacial score (nSPS) is 6.00. The molecule has 0 saturated carbocycles. The van der Waals surface area contributed by atoms with Gasteiger partial charge in [0.15, 0.2) is 0 Å². The SMILES string of the molecule is O=CC(=O)O.O=CC(=O)O.O=CC(=O)O.[Mn]. The first-order valence-corrected chi connectivity index (χ1v) is 2.86. The summed E-state index contributed by atoms with van der Waals surface area (Å²) in [6.07, 6.45) is -0.500. The van der Waals surface area contributed by atoms with Gasteiger partial charge >= 0.3 is 17.9 Å². The van der Waals surface area contributed by atoms with E-state index >= 15 is 0 Å². The second kappa shape index (κ2) is 18.7. The number of aliphatic carboxylic acids is 3. The fraction of sp³-hybridized carbons (Fsp3) is 0. The Kier molecular flexibility index (Phi) is 27.6. The molecule has 0 atom stereocenters. The summed E-state index contributed by atoms with van der Waals surface area (Å²) in [4.78, 5) is 53.7. The van der Waals surface area contributed by atoms with Gasteiger partial charge in [-0.1, -0.05) is 0 Å². The molecule has 0 amide bonds. The van der Waals surface area contributed by atoms with Crippen LogP contribution >= 0.6 is 0 Å². The third kappa shape index (κ3) is 92.1. The van der Waals surface area contributed by atoms with Crippen molar-refractivity contribution in [3.05, 3.63) is 0 Å². The molecule has 0 aromatic rings. The van der Waals surface area contributed by atoms with Crippen LogP contribution in [0.2, 0.25) is 0 Å². The molecule has 9 nitrogen and oxygen atoms in total. The predicted octanol–water partition coefficient (Wildman–Crippen LogP) is -2.19. The number of hydrogen-bond acceptors (Lipinski definition) is 6. The number of carbonyl (C=O) groups is 6. The molecule has 91 valence electrons. The van der Waals surface area contributed by atoms with Gasteiger partial charge in [0.25, 0.3) is 0 Å². The maximum absolute atomic E-state index is 9.00. The summed E-state index contributed by atoms with van der Waals surface area (Å²) in [6.45, 7) is 0. The molecule has 0 aliphatic heterocycles. The van der Waals surface area contributed by atoms with Crippen LogP contribution in [0.1, 0.15) is 0 Å². The molecule has 0 saturated heterocycles. The van der Waals surface area contributed by atoms with Gasteiger partial charge < -0.3 is 15.3 Å². The number of rotatable bonds is 3. The van der Waals surface area contributed by atoms with Crippen LogP contribution in [0, 0.1) is 0 Å². The molecule has 0 aromatic carbocycles. The Labute approximate surface area is 98.5 Å². The van der Waals surface area contributed by atoms with E-state index in [-0.39, 0.29) is 35.9 Å². The quantitative estimate of drug-likeness (QED) is 0.295. The van der Waals surface area contributed by atoms with E-state index in [1.54, 1.807) is 0 Å². The molecule has 0 unspecified atom stereocenters. The smallest absolute Gasteiger partial charge is 0.368 e. The maximum Gasteiger partial charge on any atom is 0.368 e. The number of carboxylic acids is 3. The largest absolute Gasteiger partial charge is 0.476 e. The minimum Gasteiger partial charge on any atom is -0.476 e. The maximum atomic E-state index is 9.00. The Balaban J connectivity index is -0.0000000655. The molecular formula is C6H6MnO9. The molecule has 0 rings (SSSR count). The molecule has 0 heterocycles. The summed E-state index contributed by atoms with van der Waals surface area (Å²) < 4.78 is 0. The predicted molar refractivity (Wildman–Crippen MR) is 41.1 cm³/mol. The van der Waals surface area contributed by atoms with Crippen molar-refractivity contribution in [2.75, 3.05) is 0 Å². The van der Waals surface area contributed by atoms with Crippen molar-refractivity contribution in [2.45, 2.75) is 0 Å². The summed E-state index contributed by atoms with van der Waals surface area (Å²) in [7, 11) is 0. The zero-order valence-electron chi connectivity index (χ0n) is 7.40. The second-order valence-electron chi connectivity index (χ2n) is 1.37. The number of hydrogen-bond donors (Lipinski definition) is 3. The summed E-state index contributed by atoms with van der Waals surface area (Å²) in [5.74, 6) is -4.28. The standard InChI is InChI=1S/3C2H2O3.Mn/c3*3-1-2(4)5;/h3*1H,(H,4,5);. The van der Waals surface area contributed by atoms with Crippen molar-refractivity contribution in [2.24, 2.45) is 0 Å². The van der Waals surface area contributed by atoms with E-state index in [9.17, 15) is 0 Å². The van der Waals surface area contributed by atoms with Crippen molar-refractivity contribution >= 4 is 36.8 Å². The van der Waals surface area contributed by atoms with Crippen LogP contribution in [0.3, 0.4) is 0 Å². The van der Waals surface area contributed by atoms with Crippen LogP contribution in [0.25, 0.3) is 0 Å². The van der Waals surface area contributed by atoms with Gasteiger partial charge in [-0.15, -0.1) is 0 Å². The van der Waals surface area contributed by atoms with Crippen molar-refractivity contribution in [1.82, 2.24) is 0 Å². The van der Waals surface area contributed by atoms with Gasteiger partial charge in [0.1, 0.15) is 0 Å². The number of aldehydes is 3. The molecular weight excluding hydrogens is 271 g/mol. The molecule has 0 aliphatic carbocycles. The minimum absolute atomic E-state index is 0. The van der Waals surface area contributed by atoms with Gasteiger partial charge in [-0.3, -0.25) is 14.4 Å². The zero-order chi connectivity index (χ0) is 12.9. The third-order valence-corrected chi connectivity index (χ3v) is 0.302. The molecule has 0 spiro atoms. The summed E-state index contributed by atoms with van der Waals surface area (Å²) in [5, 5.41) is 22.1. The van der Waals surface area contributed by atoms with Crippen LogP contribution in [0.4, 0.5) is 0 Å². The van der Waals surface area contributed by atoms with Gasteiger partial charge in [0.05, 0.1) is 0 Å². The van der Waals surface area contributed by atoms with Gasteiger partial charge in [-0.05, 0) is 0 Å². The first kappa shape index (κ1) is 23.6. The van der Waals surface area contributed by atoms with E-state index in [0.29, 0.717) is 0 Å². The average Bonchev–Trinajstić information content (AvgIpc) is 2.19.